The second kappa shape index (κ2) is 7.87. The molecular formula is C19H20N4O3S. The third-order valence-electron chi connectivity index (χ3n) is 4.71. The lowest BCUT2D eigenvalue weighted by molar-refractivity contribution is 0.0664. The topological polar surface area (TPSA) is 81.4 Å². The predicted octanol–water partition coefficient (Wildman–Crippen LogP) is 3.30. The Balaban J connectivity index is 1.43. The number of hydrogen-bond acceptors (Lipinski definition) is 7. The maximum absolute atomic E-state index is 12.9. The molecule has 1 saturated heterocycles. The van der Waals surface area contributed by atoms with Gasteiger partial charge in [-0.1, -0.05) is 5.16 Å². The van der Waals surface area contributed by atoms with Gasteiger partial charge in [-0.3, -0.25) is 4.79 Å². The Morgan fingerprint density at radius 3 is 3.19 bits per heavy atom. The van der Waals surface area contributed by atoms with Crippen molar-refractivity contribution in [1.29, 1.82) is 0 Å². The quantitative estimate of drug-likeness (QED) is 0.671. The van der Waals surface area contributed by atoms with Crippen LogP contribution in [0.3, 0.4) is 0 Å². The average molecular weight is 384 g/mol. The monoisotopic (exact) mass is 384 g/mol. The lowest BCUT2D eigenvalue weighted by Crippen LogP contribution is -2.40. The van der Waals surface area contributed by atoms with Gasteiger partial charge in [0.1, 0.15) is 5.56 Å². The molecule has 8 heteroatoms. The Kier molecular flexibility index (Phi) is 5.15. The van der Waals surface area contributed by atoms with Crippen molar-refractivity contribution in [3.05, 3.63) is 46.6 Å². The molecule has 0 N–H and O–H groups in total. The Labute approximate surface area is 161 Å². The van der Waals surface area contributed by atoms with Crippen molar-refractivity contribution in [2.24, 2.45) is 5.92 Å². The van der Waals surface area contributed by atoms with Crippen molar-refractivity contribution in [2.45, 2.75) is 19.3 Å². The molecule has 140 valence electrons. The lowest BCUT2D eigenvalue weighted by atomic mass is 9.94. The first-order chi connectivity index (χ1) is 13.2. The summed E-state index contributed by atoms with van der Waals surface area (Å²) in [7, 11) is 1.53. The summed E-state index contributed by atoms with van der Waals surface area (Å²) in [6, 6.07) is 5.48. The van der Waals surface area contributed by atoms with Crippen molar-refractivity contribution in [1.82, 2.24) is 20.0 Å². The normalized spacial score (nSPS) is 17.1. The highest BCUT2D eigenvalue weighted by atomic mass is 32.1. The third-order valence-corrected chi connectivity index (χ3v) is 5.40. The van der Waals surface area contributed by atoms with Crippen LogP contribution < -0.4 is 4.74 Å². The molecule has 1 atom stereocenters. The molecule has 4 rings (SSSR count). The fourth-order valence-corrected chi connectivity index (χ4v) is 4.03. The Hall–Kier alpha value is -2.74. The molecule has 0 aliphatic carbocycles. The van der Waals surface area contributed by atoms with Crippen molar-refractivity contribution >= 4 is 17.2 Å². The fourth-order valence-electron chi connectivity index (χ4n) is 3.40. The number of methoxy groups -OCH3 is 1. The molecule has 0 spiro atoms. The van der Waals surface area contributed by atoms with Gasteiger partial charge in [-0.15, -0.1) is 0 Å². The van der Waals surface area contributed by atoms with E-state index in [1.165, 1.54) is 7.11 Å². The number of amides is 1. The van der Waals surface area contributed by atoms with Crippen LogP contribution in [0.4, 0.5) is 0 Å². The molecule has 1 unspecified atom stereocenters. The molecule has 0 bridgehead atoms. The van der Waals surface area contributed by atoms with Crippen molar-refractivity contribution in [3.63, 3.8) is 0 Å². The number of aromatic nitrogens is 3. The van der Waals surface area contributed by atoms with Crippen molar-refractivity contribution in [3.8, 4) is 17.3 Å². The van der Waals surface area contributed by atoms with Gasteiger partial charge in [-0.2, -0.15) is 16.3 Å². The largest absolute Gasteiger partial charge is 0.480 e. The first kappa shape index (κ1) is 17.7. The highest BCUT2D eigenvalue weighted by Crippen LogP contribution is 2.25. The number of carbonyl (C=O) groups is 1. The van der Waals surface area contributed by atoms with E-state index >= 15 is 0 Å². The number of ether oxygens (including phenoxy) is 1. The minimum Gasteiger partial charge on any atom is -0.480 e. The van der Waals surface area contributed by atoms with Gasteiger partial charge < -0.3 is 14.2 Å². The van der Waals surface area contributed by atoms with E-state index in [2.05, 4.69) is 15.1 Å². The second-order valence-corrected chi connectivity index (χ2v) is 7.33. The molecule has 1 aliphatic heterocycles. The molecule has 1 amide bonds. The first-order valence-corrected chi connectivity index (χ1v) is 9.82. The van der Waals surface area contributed by atoms with Gasteiger partial charge in [0.05, 0.1) is 7.11 Å². The van der Waals surface area contributed by atoms with Gasteiger partial charge in [0.15, 0.2) is 0 Å². The van der Waals surface area contributed by atoms with E-state index < -0.39 is 0 Å². The number of likely N-dealkylation sites (tertiary alicyclic amines) is 1. The van der Waals surface area contributed by atoms with Crippen LogP contribution in [0, 0.1) is 5.92 Å². The second-order valence-electron chi connectivity index (χ2n) is 6.55. The number of piperidine rings is 1. The number of nitrogens with zero attached hydrogens (tertiary/aromatic N) is 4. The number of rotatable bonds is 5. The van der Waals surface area contributed by atoms with Crippen LogP contribution in [0.15, 0.2) is 39.7 Å². The van der Waals surface area contributed by atoms with E-state index in [-0.39, 0.29) is 5.91 Å². The van der Waals surface area contributed by atoms with Crippen molar-refractivity contribution in [2.75, 3.05) is 20.2 Å². The fraction of sp³-hybridized carbons (Fsp3) is 0.368. The molecule has 0 aromatic carbocycles. The number of pyridine rings is 1. The van der Waals surface area contributed by atoms with E-state index in [4.69, 9.17) is 9.26 Å². The van der Waals surface area contributed by atoms with Gasteiger partial charge in [0, 0.05) is 36.7 Å². The van der Waals surface area contributed by atoms with Crippen LogP contribution in [0.2, 0.25) is 0 Å². The molecule has 0 radical (unpaired) electrons. The molecular weight excluding hydrogens is 364 g/mol. The van der Waals surface area contributed by atoms with E-state index in [0.29, 0.717) is 42.0 Å². The van der Waals surface area contributed by atoms with Crippen LogP contribution >= 0.6 is 11.3 Å². The number of carbonyl (C=O) groups excluding carboxylic acids is 1. The summed E-state index contributed by atoms with van der Waals surface area (Å²) in [6.45, 7) is 1.39. The third kappa shape index (κ3) is 3.85. The highest BCUT2D eigenvalue weighted by Gasteiger charge is 2.28. The van der Waals surface area contributed by atoms with Gasteiger partial charge >= 0.3 is 0 Å². The number of thiophene rings is 1. The maximum Gasteiger partial charge on any atom is 0.259 e. The molecule has 0 saturated carbocycles. The van der Waals surface area contributed by atoms with Gasteiger partial charge in [0.25, 0.3) is 5.91 Å². The zero-order valence-electron chi connectivity index (χ0n) is 15.0. The van der Waals surface area contributed by atoms with Crippen LogP contribution in [-0.4, -0.2) is 46.1 Å². The molecule has 7 nitrogen and oxygen atoms in total. The number of hydrogen-bond donors (Lipinski definition) is 0. The summed E-state index contributed by atoms with van der Waals surface area (Å²) >= 11 is 1.60. The molecule has 1 fully saturated rings. The standard InChI is InChI=1S/C19H20N4O3S/c1-25-18-15(5-2-7-20-18)19(24)23-8-3-4-13(11-23)10-16-21-17(22-26-16)14-6-9-27-12-14/h2,5-7,9,12-13H,3-4,8,10-11H2,1H3. The summed E-state index contributed by atoms with van der Waals surface area (Å²) in [4.78, 5) is 23.4. The van der Waals surface area contributed by atoms with Crippen LogP contribution in [0.25, 0.3) is 11.4 Å². The van der Waals surface area contributed by atoms with E-state index in [0.717, 1.165) is 24.9 Å². The van der Waals surface area contributed by atoms with Gasteiger partial charge in [-0.25, -0.2) is 4.98 Å². The zero-order chi connectivity index (χ0) is 18.6. The van der Waals surface area contributed by atoms with Crippen LogP contribution in [-0.2, 0) is 6.42 Å². The predicted molar refractivity (Wildman–Crippen MR) is 101 cm³/mol. The smallest absolute Gasteiger partial charge is 0.259 e. The van der Waals surface area contributed by atoms with E-state index in [9.17, 15) is 4.79 Å². The summed E-state index contributed by atoms with van der Waals surface area (Å²) in [5.41, 5.74) is 1.47. The molecule has 1 aliphatic rings. The summed E-state index contributed by atoms with van der Waals surface area (Å²) in [5.74, 6) is 1.85. The van der Waals surface area contributed by atoms with Crippen LogP contribution in [0.1, 0.15) is 29.1 Å². The first-order valence-electron chi connectivity index (χ1n) is 8.88. The van der Waals surface area contributed by atoms with Crippen LogP contribution in [0.5, 0.6) is 5.88 Å². The Morgan fingerprint density at radius 2 is 2.37 bits per heavy atom. The Bertz CT molecular complexity index is 909. The lowest BCUT2D eigenvalue weighted by Gasteiger charge is -2.32. The summed E-state index contributed by atoms with van der Waals surface area (Å²) in [5, 5.41) is 8.05. The molecule has 3 aromatic heterocycles. The van der Waals surface area contributed by atoms with Gasteiger partial charge in [-0.05, 0) is 42.3 Å². The molecule has 3 aromatic rings. The highest BCUT2D eigenvalue weighted by molar-refractivity contribution is 7.08. The average Bonchev–Trinajstić information content (AvgIpc) is 3.39. The maximum atomic E-state index is 12.9. The minimum atomic E-state index is -0.0471. The minimum absolute atomic E-state index is 0.0471. The van der Waals surface area contributed by atoms with E-state index in [1.54, 1.807) is 29.7 Å². The van der Waals surface area contributed by atoms with Crippen molar-refractivity contribution < 1.29 is 14.1 Å². The summed E-state index contributed by atoms with van der Waals surface area (Å²) in [6.07, 6.45) is 4.27. The van der Waals surface area contributed by atoms with E-state index in [1.807, 2.05) is 21.7 Å². The molecule has 27 heavy (non-hydrogen) atoms. The van der Waals surface area contributed by atoms with Gasteiger partial charge in [0.2, 0.25) is 17.6 Å². The zero-order valence-corrected chi connectivity index (χ0v) is 15.8. The molecule has 4 heterocycles. The SMILES string of the molecule is COc1ncccc1C(=O)N1CCCC(Cc2nc(-c3ccsc3)no2)C1. The summed E-state index contributed by atoms with van der Waals surface area (Å²) < 4.78 is 10.6. The Morgan fingerprint density at radius 1 is 1.44 bits per heavy atom.